The van der Waals surface area contributed by atoms with Crippen molar-refractivity contribution in [3.05, 3.63) is 46.6 Å². The Morgan fingerprint density at radius 1 is 0.833 bits per heavy atom. The number of aliphatic hydroxyl groups excluding tert-OH is 6. The van der Waals surface area contributed by atoms with Crippen LogP contribution in [0.25, 0.3) is 22.3 Å². The van der Waals surface area contributed by atoms with Crippen molar-refractivity contribution < 1.29 is 69.3 Å². The second-order valence-corrected chi connectivity index (χ2v) is 10.1. The normalized spacial score (nSPS) is 33.5. The number of aliphatic hydroxyl groups is 6. The maximum atomic E-state index is 12.9. The number of hydrogen-bond acceptors (Lipinski definition) is 15. The summed E-state index contributed by atoms with van der Waals surface area (Å²) in [5.41, 5.74) is -0.967. The van der Waals surface area contributed by atoms with Crippen LogP contribution in [0.3, 0.4) is 0 Å². The first-order valence-electron chi connectivity index (χ1n) is 12.9. The fourth-order valence-electron chi connectivity index (χ4n) is 4.85. The quantitative estimate of drug-likeness (QED) is 0.159. The van der Waals surface area contributed by atoms with E-state index < -0.39 is 84.9 Å². The van der Waals surface area contributed by atoms with Crippen molar-refractivity contribution in [2.45, 2.75) is 68.3 Å². The zero-order chi connectivity index (χ0) is 30.5. The lowest BCUT2D eigenvalue weighted by molar-refractivity contribution is -0.354. The summed E-state index contributed by atoms with van der Waals surface area (Å²) in [4.78, 5) is 12.9. The van der Waals surface area contributed by atoms with Gasteiger partial charge in [0.15, 0.2) is 18.2 Å². The van der Waals surface area contributed by atoms with E-state index in [2.05, 4.69) is 0 Å². The van der Waals surface area contributed by atoms with Gasteiger partial charge < -0.3 is 69.3 Å². The van der Waals surface area contributed by atoms with Crippen LogP contribution in [0.2, 0.25) is 0 Å². The van der Waals surface area contributed by atoms with E-state index in [4.69, 9.17) is 23.4 Å². The summed E-state index contributed by atoms with van der Waals surface area (Å²) in [5.74, 6) is -2.00. The van der Waals surface area contributed by atoms with Crippen LogP contribution in [-0.2, 0) is 14.2 Å². The summed E-state index contributed by atoms with van der Waals surface area (Å²) in [6.07, 6.45) is -15.6. The van der Waals surface area contributed by atoms with Crippen molar-refractivity contribution >= 4 is 11.0 Å². The minimum absolute atomic E-state index is 0.0706. The molecule has 2 aromatic carbocycles. The van der Waals surface area contributed by atoms with Crippen molar-refractivity contribution in [2.75, 3.05) is 6.61 Å². The highest BCUT2D eigenvalue weighted by molar-refractivity contribution is 5.88. The number of aromatic hydroxyl groups is 3. The molecule has 0 bridgehead atoms. The average Bonchev–Trinajstić information content (AvgIpc) is 2.96. The topological polar surface area (TPSA) is 249 Å². The molecule has 0 saturated carbocycles. The van der Waals surface area contributed by atoms with E-state index >= 15 is 0 Å². The molecule has 3 aromatic rings. The zero-order valence-electron chi connectivity index (χ0n) is 21.9. The Kier molecular flexibility index (Phi) is 8.30. The van der Waals surface area contributed by atoms with Gasteiger partial charge in [-0.25, -0.2) is 0 Å². The van der Waals surface area contributed by atoms with Crippen LogP contribution >= 0.6 is 0 Å². The highest BCUT2D eigenvalue weighted by Crippen LogP contribution is 2.37. The van der Waals surface area contributed by atoms with Gasteiger partial charge in [0.05, 0.1) is 12.7 Å². The standard InChI is InChI=1S/C27H30O15/c1-9-17(31)20(34)23(37)26(38-9)42-25-21(35)18(32)15(8-28)41-27(25)39-12-6-13(30)16-14(7-12)40-24(22(36)19(16)33)10-2-4-11(29)5-3-10/h2-7,9,15,17-18,20-21,23,25-32,34-37H,8H2,1H3/t9-,15+,17-,18+,20+,21-,23+,25+,26?,27+/m0/s1. The molecule has 10 atom stereocenters. The Morgan fingerprint density at radius 2 is 1.52 bits per heavy atom. The number of rotatable bonds is 6. The van der Waals surface area contributed by atoms with Crippen LogP contribution < -0.4 is 10.2 Å². The van der Waals surface area contributed by atoms with Crippen LogP contribution in [0.5, 0.6) is 23.0 Å². The van der Waals surface area contributed by atoms with E-state index in [-0.39, 0.29) is 33.8 Å². The van der Waals surface area contributed by atoms with Crippen molar-refractivity contribution in [3.8, 4) is 34.3 Å². The number of ether oxygens (including phenoxy) is 4. The molecule has 9 N–H and O–H groups in total. The Morgan fingerprint density at radius 3 is 2.19 bits per heavy atom. The molecule has 15 heteroatoms. The third kappa shape index (κ3) is 5.37. The van der Waals surface area contributed by atoms with Crippen LogP contribution in [0.15, 0.2) is 45.6 Å². The summed E-state index contributed by atoms with van der Waals surface area (Å²) >= 11 is 0. The Bertz CT molecular complexity index is 1470. The third-order valence-corrected chi connectivity index (χ3v) is 7.23. The van der Waals surface area contributed by atoms with Crippen molar-refractivity contribution in [1.82, 2.24) is 0 Å². The van der Waals surface area contributed by atoms with Gasteiger partial charge in [-0.2, -0.15) is 0 Å². The second-order valence-electron chi connectivity index (χ2n) is 10.1. The van der Waals surface area contributed by atoms with Crippen molar-refractivity contribution in [1.29, 1.82) is 0 Å². The predicted octanol–water partition coefficient (Wildman–Crippen LogP) is -1.39. The van der Waals surface area contributed by atoms with E-state index in [0.717, 1.165) is 6.07 Å². The Labute approximate surface area is 236 Å². The van der Waals surface area contributed by atoms with Gasteiger partial charge in [-0.1, -0.05) is 0 Å². The molecule has 5 rings (SSSR count). The first-order valence-corrected chi connectivity index (χ1v) is 12.9. The Hall–Kier alpha value is -3.51. The van der Waals surface area contributed by atoms with Gasteiger partial charge in [0.25, 0.3) is 0 Å². The predicted molar refractivity (Wildman–Crippen MR) is 139 cm³/mol. The highest BCUT2D eigenvalue weighted by Gasteiger charge is 2.51. The molecule has 1 unspecified atom stereocenters. The van der Waals surface area contributed by atoms with Gasteiger partial charge in [0, 0.05) is 17.7 Å². The van der Waals surface area contributed by atoms with Gasteiger partial charge in [0.2, 0.25) is 17.5 Å². The van der Waals surface area contributed by atoms with Gasteiger partial charge in [-0.05, 0) is 31.2 Å². The molecule has 0 amide bonds. The van der Waals surface area contributed by atoms with Crippen LogP contribution in [-0.4, -0.2) is 114 Å². The fourth-order valence-corrected chi connectivity index (χ4v) is 4.85. The van der Waals surface area contributed by atoms with Gasteiger partial charge >= 0.3 is 0 Å². The lowest BCUT2D eigenvalue weighted by Gasteiger charge is -2.45. The molecule has 0 spiro atoms. The summed E-state index contributed by atoms with van der Waals surface area (Å²) < 4.78 is 28.2. The Balaban J connectivity index is 1.50. The maximum absolute atomic E-state index is 12.9. The van der Waals surface area contributed by atoms with Gasteiger partial charge in [0.1, 0.15) is 64.8 Å². The van der Waals surface area contributed by atoms with E-state index in [1.165, 1.54) is 37.3 Å². The van der Waals surface area contributed by atoms with Gasteiger partial charge in [-0.3, -0.25) is 4.79 Å². The largest absolute Gasteiger partial charge is 0.508 e. The molecule has 0 radical (unpaired) electrons. The monoisotopic (exact) mass is 594 g/mol. The molecular formula is C27H30O15. The number of benzene rings is 2. The average molecular weight is 595 g/mol. The van der Waals surface area contributed by atoms with Crippen molar-refractivity contribution in [3.63, 3.8) is 0 Å². The lowest BCUT2D eigenvalue weighted by Crippen LogP contribution is -2.64. The van der Waals surface area contributed by atoms with E-state index in [1.54, 1.807) is 0 Å². The first kappa shape index (κ1) is 30.0. The first-order chi connectivity index (χ1) is 19.9. The number of hydrogen-bond donors (Lipinski definition) is 9. The van der Waals surface area contributed by atoms with Crippen LogP contribution in [0, 0.1) is 0 Å². The number of phenols is 2. The molecule has 2 saturated heterocycles. The molecule has 228 valence electrons. The second kappa shape index (κ2) is 11.6. The molecule has 0 aliphatic carbocycles. The minimum atomic E-state index is -1.79. The van der Waals surface area contributed by atoms with E-state index in [0.29, 0.717) is 0 Å². The zero-order valence-corrected chi connectivity index (χ0v) is 21.9. The highest BCUT2D eigenvalue weighted by atomic mass is 16.8. The molecule has 42 heavy (non-hydrogen) atoms. The molecule has 3 heterocycles. The third-order valence-electron chi connectivity index (χ3n) is 7.23. The van der Waals surface area contributed by atoms with E-state index in [1.807, 2.05) is 0 Å². The molecule has 2 aliphatic rings. The van der Waals surface area contributed by atoms with E-state index in [9.17, 15) is 50.8 Å². The summed E-state index contributed by atoms with van der Waals surface area (Å²) in [5, 5.41) is 91.7. The molecular weight excluding hydrogens is 564 g/mol. The summed E-state index contributed by atoms with van der Waals surface area (Å²) in [7, 11) is 0. The van der Waals surface area contributed by atoms with Crippen LogP contribution in [0.4, 0.5) is 0 Å². The number of phenolic OH excluding ortho intramolecular Hbond substituents is 2. The SMILES string of the molecule is C[C@@H]1OC(O[C@H]2[C@H](Oc3cc(O)c4c(=O)c(O)c(-c5ccc(O)cc5)oc4c3)O[C@H](CO)[C@@H](O)[C@@H]2O)[C@H](O)[C@H](O)[C@H]1O. The van der Waals surface area contributed by atoms with Crippen LogP contribution in [0.1, 0.15) is 6.92 Å². The lowest BCUT2D eigenvalue weighted by atomic mass is 9.97. The molecule has 2 fully saturated rings. The smallest absolute Gasteiger partial charge is 0.238 e. The number of fused-ring (bicyclic) bond motifs is 1. The summed E-state index contributed by atoms with van der Waals surface area (Å²) in [6.45, 7) is 0.660. The molecule has 2 aliphatic heterocycles. The fraction of sp³-hybridized carbons (Fsp3) is 0.444. The van der Waals surface area contributed by atoms with Gasteiger partial charge in [-0.15, -0.1) is 0 Å². The molecule has 15 nitrogen and oxygen atoms in total. The molecule has 1 aromatic heterocycles. The minimum Gasteiger partial charge on any atom is -0.508 e. The summed E-state index contributed by atoms with van der Waals surface area (Å²) in [6, 6.07) is 7.54. The van der Waals surface area contributed by atoms with Crippen molar-refractivity contribution in [2.24, 2.45) is 0 Å². The maximum Gasteiger partial charge on any atom is 0.238 e.